The molecule has 1 aromatic rings. The van der Waals surface area contributed by atoms with Crippen LogP contribution in [-0.4, -0.2) is 58.4 Å². The zero-order chi connectivity index (χ0) is 19.8. The molecule has 27 heavy (non-hydrogen) atoms. The molecule has 2 saturated heterocycles. The second-order valence-electron chi connectivity index (χ2n) is 7.46. The Morgan fingerprint density at radius 2 is 1.81 bits per heavy atom. The van der Waals surface area contributed by atoms with Gasteiger partial charge in [0.05, 0.1) is 0 Å². The van der Waals surface area contributed by atoms with Crippen molar-refractivity contribution in [2.75, 3.05) is 19.6 Å². The number of aliphatic carboxylic acids is 1. The molecular weight excluding hydrogens is 358 g/mol. The van der Waals surface area contributed by atoms with Crippen molar-refractivity contribution in [1.29, 1.82) is 0 Å². The maximum absolute atomic E-state index is 13.4. The number of nitrogens with zero attached hydrogens (tertiary/aromatic N) is 2. The second kappa shape index (κ2) is 7.25. The number of benzene rings is 1. The summed E-state index contributed by atoms with van der Waals surface area (Å²) >= 11 is 0. The number of likely N-dealkylation sites (tertiary alicyclic amines) is 2. The number of halogens is 2. The van der Waals surface area contributed by atoms with E-state index in [1.165, 1.54) is 17.9 Å². The lowest BCUT2D eigenvalue weighted by atomic mass is 9.72. The fraction of sp³-hybridized carbons (Fsp3) is 0.526. The fourth-order valence-corrected chi connectivity index (χ4v) is 3.93. The molecular formula is C19H22F2N2O4. The van der Waals surface area contributed by atoms with E-state index >= 15 is 0 Å². The molecule has 1 spiro atoms. The molecule has 6 nitrogen and oxygen atoms in total. The van der Waals surface area contributed by atoms with Crippen molar-refractivity contribution in [3.63, 3.8) is 0 Å². The van der Waals surface area contributed by atoms with Crippen molar-refractivity contribution >= 4 is 17.8 Å². The van der Waals surface area contributed by atoms with Crippen LogP contribution in [0.1, 0.15) is 43.0 Å². The van der Waals surface area contributed by atoms with Crippen molar-refractivity contribution in [1.82, 2.24) is 9.80 Å². The summed E-state index contributed by atoms with van der Waals surface area (Å²) in [6.07, 6.45) is 2.24. The van der Waals surface area contributed by atoms with Gasteiger partial charge in [-0.15, -0.1) is 0 Å². The number of hydrogen-bond donors (Lipinski definition) is 1. The van der Waals surface area contributed by atoms with Gasteiger partial charge in [0, 0.05) is 31.6 Å². The molecule has 8 heteroatoms. The summed E-state index contributed by atoms with van der Waals surface area (Å²) in [6.45, 7) is 2.73. The fourth-order valence-electron chi connectivity index (χ4n) is 3.93. The van der Waals surface area contributed by atoms with Gasteiger partial charge in [0.15, 0.2) is 11.6 Å². The normalized spacial score (nSPS) is 20.6. The summed E-state index contributed by atoms with van der Waals surface area (Å²) in [4.78, 5) is 38.9. The molecule has 0 radical (unpaired) electrons. The van der Waals surface area contributed by atoms with E-state index in [2.05, 4.69) is 0 Å². The average Bonchev–Trinajstić information content (AvgIpc) is 2.65. The summed E-state index contributed by atoms with van der Waals surface area (Å²) in [5.41, 5.74) is -0.104. The van der Waals surface area contributed by atoms with E-state index in [1.807, 2.05) is 0 Å². The average molecular weight is 380 g/mol. The number of rotatable bonds is 3. The van der Waals surface area contributed by atoms with E-state index in [4.69, 9.17) is 0 Å². The maximum Gasteiger partial charge on any atom is 0.326 e. The van der Waals surface area contributed by atoms with Gasteiger partial charge < -0.3 is 14.9 Å². The lowest BCUT2D eigenvalue weighted by Gasteiger charge is -2.48. The van der Waals surface area contributed by atoms with E-state index in [0.29, 0.717) is 45.3 Å². The molecule has 2 aliphatic heterocycles. The minimum Gasteiger partial charge on any atom is -0.480 e. The molecule has 1 aromatic carbocycles. The van der Waals surface area contributed by atoms with Crippen LogP contribution in [0.5, 0.6) is 0 Å². The Morgan fingerprint density at radius 1 is 1.15 bits per heavy atom. The molecule has 0 aliphatic carbocycles. The largest absolute Gasteiger partial charge is 0.480 e. The highest BCUT2D eigenvalue weighted by atomic mass is 19.2. The molecule has 0 bridgehead atoms. The first-order valence-corrected chi connectivity index (χ1v) is 8.99. The van der Waals surface area contributed by atoms with Gasteiger partial charge in [-0.1, -0.05) is 0 Å². The number of amides is 2. The SMILES string of the molecule is C[C@H](C(=O)O)N1CC2(CCC1=O)CCN(C(=O)c1ccc(F)c(F)c1)CC2. The standard InChI is InChI=1S/C19H22F2N2O4/c1-12(18(26)27)23-11-19(5-4-16(23)24)6-8-22(9-7-19)17(25)13-2-3-14(20)15(21)10-13/h2-3,10,12H,4-9,11H2,1H3,(H,26,27)/t12-/m1/s1. The molecule has 146 valence electrons. The van der Waals surface area contributed by atoms with Crippen molar-refractivity contribution in [3.8, 4) is 0 Å². The highest BCUT2D eigenvalue weighted by Gasteiger charge is 2.44. The van der Waals surface area contributed by atoms with Gasteiger partial charge in [0.25, 0.3) is 5.91 Å². The van der Waals surface area contributed by atoms with Gasteiger partial charge in [-0.2, -0.15) is 0 Å². The van der Waals surface area contributed by atoms with Crippen LogP contribution in [0.25, 0.3) is 0 Å². The predicted octanol–water partition coefficient (Wildman–Crippen LogP) is 2.28. The molecule has 2 amide bonds. The van der Waals surface area contributed by atoms with E-state index in [0.717, 1.165) is 12.1 Å². The minimum absolute atomic E-state index is 0.102. The van der Waals surface area contributed by atoms with Crippen molar-refractivity contribution < 1.29 is 28.3 Å². The molecule has 2 aliphatic rings. The molecule has 0 unspecified atom stereocenters. The van der Waals surface area contributed by atoms with Crippen LogP contribution in [0.4, 0.5) is 8.78 Å². The lowest BCUT2D eigenvalue weighted by Crippen LogP contribution is -2.55. The number of carboxylic acid groups (broad SMARTS) is 1. The zero-order valence-corrected chi connectivity index (χ0v) is 15.1. The monoisotopic (exact) mass is 380 g/mol. The van der Waals surface area contributed by atoms with E-state index in [1.54, 1.807) is 4.90 Å². The van der Waals surface area contributed by atoms with Gasteiger partial charge >= 0.3 is 5.97 Å². The third kappa shape index (κ3) is 3.79. The Morgan fingerprint density at radius 3 is 2.41 bits per heavy atom. The lowest BCUT2D eigenvalue weighted by molar-refractivity contribution is -0.154. The third-order valence-corrected chi connectivity index (χ3v) is 5.80. The van der Waals surface area contributed by atoms with Crippen LogP contribution in [0.3, 0.4) is 0 Å². The molecule has 0 saturated carbocycles. The van der Waals surface area contributed by atoms with Crippen molar-refractivity contribution in [3.05, 3.63) is 35.4 Å². The number of carboxylic acids is 1. The van der Waals surface area contributed by atoms with E-state index < -0.39 is 23.6 Å². The van der Waals surface area contributed by atoms with Gasteiger partial charge in [-0.25, -0.2) is 13.6 Å². The molecule has 1 N–H and O–H groups in total. The van der Waals surface area contributed by atoms with Crippen LogP contribution >= 0.6 is 0 Å². The number of hydrogen-bond acceptors (Lipinski definition) is 3. The molecule has 1 atom stereocenters. The molecule has 3 rings (SSSR count). The Hall–Kier alpha value is -2.51. The quantitative estimate of drug-likeness (QED) is 0.873. The first-order chi connectivity index (χ1) is 12.7. The maximum atomic E-state index is 13.4. The minimum atomic E-state index is -1.06. The summed E-state index contributed by atoms with van der Waals surface area (Å²) in [5.74, 6) is -3.60. The molecule has 0 aromatic heterocycles. The number of piperidine rings is 2. The summed E-state index contributed by atoms with van der Waals surface area (Å²) in [7, 11) is 0. The second-order valence-corrected chi connectivity index (χ2v) is 7.46. The van der Waals surface area contributed by atoms with Gasteiger partial charge in [0.2, 0.25) is 5.91 Å². The van der Waals surface area contributed by atoms with Crippen molar-refractivity contribution in [2.45, 2.75) is 38.6 Å². The van der Waals surface area contributed by atoms with Gasteiger partial charge in [0.1, 0.15) is 6.04 Å². The van der Waals surface area contributed by atoms with Crippen LogP contribution in [0.15, 0.2) is 18.2 Å². The molecule has 2 fully saturated rings. The highest BCUT2D eigenvalue weighted by molar-refractivity contribution is 5.94. The van der Waals surface area contributed by atoms with Crippen LogP contribution in [0.2, 0.25) is 0 Å². The van der Waals surface area contributed by atoms with E-state index in [-0.39, 0.29) is 22.8 Å². The van der Waals surface area contributed by atoms with Crippen LogP contribution in [-0.2, 0) is 9.59 Å². The summed E-state index contributed by atoms with van der Waals surface area (Å²) in [5, 5.41) is 9.22. The van der Waals surface area contributed by atoms with Gasteiger partial charge in [-0.05, 0) is 49.8 Å². The van der Waals surface area contributed by atoms with Crippen LogP contribution in [0, 0.1) is 17.0 Å². The number of carbonyl (C=O) groups is 3. The zero-order valence-electron chi connectivity index (χ0n) is 15.1. The van der Waals surface area contributed by atoms with Crippen molar-refractivity contribution in [2.24, 2.45) is 5.41 Å². The Kier molecular flexibility index (Phi) is 5.17. The smallest absolute Gasteiger partial charge is 0.326 e. The molecule has 2 heterocycles. The highest BCUT2D eigenvalue weighted by Crippen LogP contribution is 2.41. The summed E-state index contributed by atoms with van der Waals surface area (Å²) in [6, 6.07) is 2.22. The number of carbonyl (C=O) groups excluding carboxylic acids is 2. The third-order valence-electron chi connectivity index (χ3n) is 5.80. The topological polar surface area (TPSA) is 77.9 Å². The summed E-state index contributed by atoms with van der Waals surface area (Å²) < 4.78 is 26.4. The van der Waals surface area contributed by atoms with Gasteiger partial charge in [-0.3, -0.25) is 9.59 Å². The predicted molar refractivity (Wildman–Crippen MR) is 92.0 cm³/mol. The van der Waals surface area contributed by atoms with Crippen LogP contribution < -0.4 is 0 Å². The Labute approximate surface area is 155 Å². The Balaban J connectivity index is 1.67. The first-order valence-electron chi connectivity index (χ1n) is 8.99. The van der Waals surface area contributed by atoms with E-state index in [9.17, 15) is 28.3 Å². The first kappa shape index (κ1) is 19.3. The Bertz CT molecular complexity index is 775.